The molecule has 0 atom stereocenters. The zero-order valence-electron chi connectivity index (χ0n) is 15.6. The maximum absolute atomic E-state index is 12.6. The van der Waals surface area contributed by atoms with Crippen molar-refractivity contribution in [1.29, 1.82) is 0 Å². The van der Waals surface area contributed by atoms with Crippen LogP contribution in [0.2, 0.25) is 5.15 Å². The average molecular weight is 392 g/mol. The van der Waals surface area contributed by atoms with Crippen molar-refractivity contribution >= 4 is 34.5 Å². The first-order valence-corrected chi connectivity index (χ1v) is 9.13. The first-order chi connectivity index (χ1) is 12.8. The molecule has 27 heavy (non-hydrogen) atoms. The number of nitrogens with zero attached hydrogens (tertiary/aromatic N) is 2. The van der Waals surface area contributed by atoms with E-state index in [1.807, 2.05) is 6.92 Å². The summed E-state index contributed by atoms with van der Waals surface area (Å²) in [6.07, 6.45) is 1.37. The van der Waals surface area contributed by atoms with Gasteiger partial charge in [-0.25, -0.2) is 14.8 Å². The van der Waals surface area contributed by atoms with Crippen LogP contribution in [-0.2, 0) is 20.8 Å². The Labute approximate surface area is 162 Å². The van der Waals surface area contributed by atoms with E-state index >= 15 is 0 Å². The van der Waals surface area contributed by atoms with Crippen LogP contribution in [0.15, 0.2) is 12.1 Å². The van der Waals surface area contributed by atoms with E-state index in [9.17, 15) is 9.59 Å². The predicted octanol–water partition coefficient (Wildman–Crippen LogP) is 2.81. The van der Waals surface area contributed by atoms with E-state index in [1.165, 1.54) is 7.11 Å². The van der Waals surface area contributed by atoms with Gasteiger partial charge in [-0.3, -0.25) is 4.79 Å². The smallest absolute Gasteiger partial charge is 0.338 e. The summed E-state index contributed by atoms with van der Waals surface area (Å²) < 4.78 is 10.1. The number of amides is 1. The number of benzene rings is 1. The monoisotopic (exact) mass is 391 g/mol. The van der Waals surface area contributed by atoms with Crippen molar-refractivity contribution in [3.63, 3.8) is 0 Å². The number of carbonyl (C=O) groups excluding carboxylic acids is 2. The first-order valence-electron chi connectivity index (χ1n) is 8.75. The summed E-state index contributed by atoms with van der Waals surface area (Å²) in [5.74, 6) is -0.477. The quantitative estimate of drug-likeness (QED) is 0.806. The summed E-state index contributed by atoms with van der Waals surface area (Å²) in [5.41, 5.74) is 2.29. The molecule has 8 heteroatoms. The molecule has 0 radical (unpaired) electrons. The van der Waals surface area contributed by atoms with Crippen molar-refractivity contribution in [1.82, 2.24) is 15.3 Å². The van der Waals surface area contributed by atoms with Gasteiger partial charge in [0.15, 0.2) is 5.15 Å². The minimum absolute atomic E-state index is 0.0408. The number of esters is 1. The largest absolute Gasteiger partial charge is 0.465 e. The number of ether oxygens (including phenoxy) is 2. The second-order valence-electron chi connectivity index (χ2n) is 6.96. The van der Waals surface area contributed by atoms with Crippen molar-refractivity contribution in [3.8, 4) is 0 Å². The Kier molecular flexibility index (Phi) is 5.62. The van der Waals surface area contributed by atoms with E-state index in [2.05, 4.69) is 15.3 Å². The van der Waals surface area contributed by atoms with E-state index in [-0.39, 0.29) is 17.6 Å². The Balaban J connectivity index is 1.82. The Bertz CT molecular complexity index is 894. The number of aryl methyl sites for hydroxylation is 1. The minimum atomic E-state index is -0.443. The van der Waals surface area contributed by atoms with E-state index in [0.29, 0.717) is 48.3 Å². The van der Waals surface area contributed by atoms with Crippen LogP contribution in [0.1, 0.15) is 41.4 Å². The number of hydrogen-bond donors (Lipinski definition) is 1. The Hall–Kier alpha value is -2.25. The standard InChI is InChI=1S/C19H22ClN3O4/c1-11-8-13-14(9-12(11)17(24)26-3)23-16(20)15(22-13)10-21-18(25)19(2)4-6-27-7-5-19/h8-9H,4-7,10H2,1-3H3,(H,21,25). The molecular formula is C19H22ClN3O4. The summed E-state index contributed by atoms with van der Waals surface area (Å²) >= 11 is 6.25. The summed E-state index contributed by atoms with van der Waals surface area (Å²) in [6, 6.07) is 3.37. The summed E-state index contributed by atoms with van der Waals surface area (Å²) in [5, 5.41) is 3.11. The topological polar surface area (TPSA) is 90.4 Å². The maximum Gasteiger partial charge on any atom is 0.338 e. The summed E-state index contributed by atoms with van der Waals surface area (Å²) in [4.78, 5) is 33.2. The molecular weight excluding hydrogens is 370 g/mol. The number of aromatic nitrogens is 2. The molecule has 2 aromatic rings. The normalized spacial score (nSPS) is 16.1. The highest BCUT2D eigenvalue weighted by Crippen LogP contribution is 2.30. The van der Waals surface area contributed by atoms with Gasteiger partial charge in [0, 0.05) is 13.2 Å². The van der Waals surface area contributed by atoms with E-state index in [1.54, 1.807) is 19.1 Å². The highest BCUT2D eigenvalue weighted by molar-refractivity contribution is 6.30. The third-order valence-corrected chi connectivity index (χ3v) is 5.30. The molecule has 0 aliphatic carbocycles. The maximum atomic E-state index is 12.6. The van der Waals surface area contributed by atoms with Crippen molar-refractivity contribution in [2.75, 3.05) is 20.3 Å². The van der Waals surface area contributed by atoms with Gasteiger partial charge >= 0.3 is 5.97 Å². The molecule has 0 bridgehead atoms. The van der Waals surface area contributed by atoms with Gasteiger partial charge in [-0.15, -0.1) is 0 Å². The molecule has 0 saturated carbocycles. The molecule has 1 aliphatic heterocycles. The van der Waals surface area contributed by atoms with Gasteiger partial charge in [0.25, 0.3) is 0 Å². The highest BCUT2D eigenvalue weighted by atomic mass is 35.5. The second kappa shape index (κ2) is 7.78. The zero-order chi connectivity index (χ0) is 19.6. The number of methoxy groups -OCH3 is 1. The predicted molar refractivity (Wildman–Crippen MR) is 101 cm³/mol. The van der Waals surface area contributed by atoms with Gasteiger partial charge in [0.05, 0.1) is 41.4 Å². The summed E-state index contributed by atoms with van der Waals surface area (Å²) in [7, 11) is 1.33. The van der Waals surface area contributed by atoms with Gasteiger partial charge in [0.2, 0.25) is 5.91 Å². The molecule has 1 amide bonds. The Morgan fingerprint density at radius 3 is 2.59 bits per heavy atom. The van der Waals surface area contributed by atoms with Gasteiger partial charge in [-0.05, 0) is 37.5 Å². The number of hydrogen-bond acceptors (Lipinski definition) is 6. The molecule has 1 aromatic heterocycles. The Morgan fingerprint density at radius 1 is 1.26 bits per heavy atom. The average Bonchev–Trinajstić information content (AvgIpc) is 2.66. The van der Waals surface area contributed by atoms with Gasteiger partial charge in [-0.2, -0.15) is 0 Å². The van der Waals surface area contributed by atoms with Gasteiger partial charge in [-0.1, -0.05) is 18.5 Å². The van der Waals surface area contributed by atoms with E-state index < -0.39 is 11.4 Å². The molecule has 0 spiro atoms. The molecule has 7 nitrogen and oxygen atoms in total. The van der Waals surface area contributed by atoms with Gasteiger partial charge < -0.3 is 14.8 Å². The highest BCUT2D eigenvalue weighted by Gasteiger charge is 2.35. The summed E-state index contributed by atoms with van der Waals surface area (Å²) in [6.45, 7) is 5.10. The lowest BCUT2D eigenvalue weighted by atomic mass is 9.81. The fourth-order valence-corrected chi connectivity index (χ4v) is 3.29. The number of nitrogens with one attached hydrogen (secondary N) is 1. The number of halogens is 1. The van der Waals surface area contributed by atoms with Gasteiger partial charge in [0.1, 0.15) is 0 Å². The van der Waals surface area contributed by atoms with Crippen LogP contribution in [0.5, 0.6) is 0 Å². The fraction of sp³-hybridized carbons (Fsp3) is 0.474. The molecule has 1 aromatic carbocycles. The van der Waals surface area contributed by atoms with Crippen LogP contribution in [0.3, 0.4) is 0 Å². The number of carbonyl (C=O) groups is 2. The van der Waals surface area contributed by atoms with Crippen LogP contribution >= 0.6 is 11.6 Å². The SMILES string of the molecule is COC(=O)c1cc2nc(Cl)c(CNC(=O)C3(C)CCOCC3)nc2cc1C. The van der Waals surface area contributed by atoms with Crippen LogP contribution in [0, 0.1) is 12.3 Å². The number of rotatable bonds is 4. The second-order valence-corrected chi connectivity index (χ2v) is 7.32. The lowest BCUT2D eigenvalue weighted by molar-refractivity contribution is -0.135. The lowest BCUT2D eigenvalue weighted by Gasteiger charge is -2.31. The third-order valence-electron chi connectivity index (χ3n) is 5.00. The zero-order valence-corrected chi connectivity index (χ0v) is 16.4. The molecule has 1 aliphatic rings. The molecule has 2 heterocycles. The van der Waals surface area contributed by atoms with E-state index in [4.69, 9.17) is 21.1 Å². The molecule has 0 unspecified atom stereocenters. The molecule has 1 saturated heterocycles. The van der Waals surface area contributed by atoms with Crippen LogP contribution in [0.4, 0.5) is 0 Å². The molecule has 1 N–H and O–H groups in total. The molecule has 144 valence electrons. The lowest BCUT2D eigenvalue weighted by Crippen LogP contribution is -2.42. The van der Waals surface area contributed by atoms with Crippen LogP contribution < -0.4 is 5.32 Å². The Morgan fingerprint density at radius 2 is 1.93 bits per heavy atom. The van der Waals surface area contributed by atoms with Crippen LogP contribution in [-0.4, -0.2) is 42.2 Å². The fourth-order valence-electron chi connectivity index (χ4n) is 3.09. The molecule has 3 rings (SSSR count). The van der Waals surface area contributed by atoms with Crippen molar-refractivity contribution in [3.05, 3.63) is 34.1 Å². The van der Waals surface area contributed by atoms with E-state index in [0.717, 1.165) is 5.56 Å². The van der Waals surface area contributed by atoms with Crippen LogP contribution in [0.25, 0.3) is 11.0 Å². The molecule has 1 fully saturated rings. The van der Waals surface area contributed by atoms with Crippen molar-refractivity contribution in [2.45, 2.75) is 33.2 Å². The number of fused-ring (bicyclic) bond motifs is 1. The minimum Gasteiger partial charge on any atom is -0.465 e. The third kappa shape index (κ3) is 4.04. The first kappa shape index (κ1) is 19.5. The van der Waals surface area contributed by atoms with Crippen molar-refractivity contribution in [2.24, 2.45) is 5.41 Å². The van der Waals surface area contributed by atoms with Crippen molar-refractivity contribution < 1.29 is 19.1 Å².